The summed E-state index contributed by atoms with van der Waals surface area (Å²) in [6.45, 7) is 4.20. The Hall–Kier alpha value is -1.67. The molecule has 1 heterocycles. The van der Waals surface area contributed by atoms with Gasteiger partial charge < -0.3 is 5.32 Å². The van der Waals surface area contributed by atoms with Crippen LogP contribution in [0.5, 0.6) is 0 Å². The van der Waals surface area contributed by atoms with Crippen LogP contribution in [-0.4, -0.2) is 30.6 Å². The molecular weight excluding hydrogens is 277 g/mol. The molecule has 0 aliphatic carbocycles. The molecule has 1 fully saturated rings. The van der Waals surface area contributed by atoms with Crippen LogP contribution in [0.4, 0.5) is 18.9 Å². The van der Waals surface area contributed by atoms with Crippen LogP contribution in [0.1, 0.15) is 24.0 Å². The maximum Gasteiger partial charge on any atom is 0.416 e. The zero-order chi connectivity index (χ0) is 15.5. The van der Waals surface area contributed by atoms with Crippen LogP contribution in [0.2, 0.25) is 0 Å². The summed E-state index contributed by atoms with van der Waals surface area (Å²) in [7, 11) is 0. The standard InChI is InChI=1S/C16H19F3N2/c1-3-8-21-9-6-14(7-10-21)20-15-11-13(16(17,18)19)5-4-12(15)2/h1,4-5,11,14,20H,6-10H2,2H3. The number of hydrogen-bond acceptors (Lipinski definition) is 2. The minimum atomic E-state index is -4.31. The van der Waals surface area contributed by atoms with E-state index in [1.54, 1.807) is 0 Å². The number of nitrogens with zero attached hydrogens (tertiary/aromatic N) is 1. The van der Waals surface area contributed by atoms with Crippen LogP contribution in [0.25, 0.3) is 0 Å². The number of anilines is 1. The minimum absolute atomic E-state index is 0.196. The predicted molar refractivity (Wildman–Crippen MR) is 78.1 cm³/mol. The van der Waals surface area contributed by atoms with Gasteiger partial charge >= 0.3 is 6.18 Å². The van der Waals surface area contributed by atoms with Crippen molar-refractivity contribution in [2.45, 2.75) is 32.0 Å². The Morgan fingerprint density at radius 2 is 2.00 bits per heavy atom. The molecule has 114 valence electrons. The van der Waals surface area contributed by atoms with Crippen molar-refractivity contribution in [2.24, 2.45) is 0 Å². The number of nitrogens with one attached hydrogen (secondary N) is 1. The molecule has 0 unspecified atom stereocenters. The lowest BCUT2D eigenvalue weighted by Crippen LogP contribution is -2.39. The monoisotopic (exact) mass is 296 g/mol. The van der Waals surface area contributed by atoms with Crippen molar-refractivity contribution in [3.8, 4) is 12.3 Å². The van der Waals surface area contributed by atoms with Gasteiger partial charge in [-0.05, 0) is 37.5 Å². The smallest absolute Gasteiger partial charge is 0.382 e. The number of aryl methyl sites for hydroxylation is 1. The largest absolute Gasteiger partial charge is 0.416 e. The number of terminal acetylenes is 1. The molecule has 1 aliphatic heterocycles. The average molecular weight is 296 g/mol. The van der Waals surface area contributed by atoms with Crippen molar-refractivity contribution in [1.82, 2.24) is 4.90 Å². The van der Waals surface area contributed by atoms with Gasteiger partial charge in [-0.3, -0.25) is 4.90 Å². The summed E-state index contributed by atoms with van der Waals surface area (Å²) in [5.41, 5.74) is 0.787. The van der Waals surface area contributed by atoms with Gasteiger partial charge in [0.2, 0.25) is 0 Å². The molecule has 1 aromatic rings. The number of likely N-dealkylation sites (tertiary alicyclic amines) is 1. The Morgan fingerprint density at radius 3 is 2.57 bits per heavy atom. The molecule has 0 atom stereocenters. The molecule has 1 aliphatic rings. The molecule has 21 heavy (non-hydrogen) atoms. The Balaban J connectivity index is 2.02. The lowest BCUT2D eigenvalue weighted by atomic mass is 10.0. The summed E-state index contributed by atoms with van der Waals surface area (Å²) in [6, 6.07) is 4.03. The number of halogens is 3. The summed E-state index contributed by atoms with van der Waals surface area (Å²) in [6.07, 6.45) is 2.75. The lowest BCUT2D eigenvalue weighted by molar-refractivity contribution is -0.137. The van der Waals surface area contributed by atoms with Crippen LogP contribution in [0, 0.1) is 19.3 Å². The molecule has 5 heteroatoms. The third-order valence-corrected chi connectivity index (χ3v) is 3.83. The van der Waals surface area contributed by atoms with Gasteiger partial charge in [0.25, 0.3) is 0 Å². The minimum Gasteiger partial charge on any atom is -0.382 e. The second-order valence-corrected chi connectivity index (χ2v) is 5.43. The summed E-state index contributed by atoms with van der Waals surface area (Å²) in [4.78, 5) is 2.18. The van der Waals surface area contributed by atoms with Gasteiger partial charge in [-0.15, -0.1) is 6.42 Å². The molecule has 2 rings (SSSR count). The van der Waals surface area contributed by atoms with E-state index in [1.807, 2.05) is 6.92 Å². The van der Waals surface area contributed by atoms with Crippen molar-refractivity contribution in [3.63, 3.8) is 0 Å². The van der Waals surface area contributed by atoms with Crippen molar-refractivity contribution < 1.29 is 13.2 Å². The highest BCUT2D eigenvalue weighted by molar-refractivity contribution is 5.54. The summed E-state index contributed by atoms with van der Waals surface area (Å²) >= 11 is 0. The number of hydrogen-bond donors (Lipinski definition) is 1. The second kappa shape index (κ2) is 6.40. The first-order valence-electron chi connectivity index (χ1n) is 7.00. The predicted octanol–water partition coefficient (Wildman–Crippen LogP) is 3.52. The van der Waals surface area contributed by atoms with E-state index in [0.717, 1.165) is 37.6 Å². The molecule has 0 saturated carbocycles. The van der Waals surface area contributed by atoms with E-state index in [4.69, 9.17) is 6.42 Å². The van der Waals surface area contributed by atoms with Gasteiger partial charge in [-0.2, -0.15) is 13.2 Å². The van der Waals surface area contributed by atoms with Crippen LogP contribution < -0.4 is 5.32 Å². The number of rotatable bonds is 3. The number of piperidine rings is 1. The topological polar surface area (TPSA) is 15.3 Å². The van der Waals surface area contributed by atoms with E-state index in [1.165, 1.54) is 12.1 Å². The van der Waals surface area contributed by atoms with Gasteiger partial charge in [-0.25, -0.2) is 0 Å². The first-order chi connectivity index (χ1) is 9.90. The third kappa shape index (κ3) is 4.15. The normalized spacial score (nSPS) is 17.5. The van der Waals surface area contributed by atoms with Crippen molar-refractivity contribution in [2.75, 3.05) is 25.0 Å². The van der Waals surface area contributed by atoms with Crippen LogP contribution in [0.3, 0.4) is 0 Å². The van der Waals surface area contributed by atoms with E-state index >= 15 is 0 Å². The van der Waals surface area contributed by atoms with E-state index in [9.17, 15) is 13.2 Å². The Labute approximate surface area is 123 Å². The first-order valence-corrected chi connectivity index (χ1v) is 7.00. The van der Waals surface area contributed by atoms with E-state index < -0.39 is 11.7 Å². The van der Waals surface area contributed by atoms with Gasteiger partial charge in [0, 0.05) is 24.8 Å². The molecule has 0 amide bonds. The quantitative estimate of drug-likeness (QED) is 0.859. The van der Waals surface area contributed by atoms with Crippen LogP contribution in [0.15, 0.2) is 18.2 Å². The molecule has 1 N–H and O–H groups in total. The number of benzene rings is 1. The fourth-order valence-corrected chi connectivity index (χ4v) is 2.54. The van der Waals surface area contributed by atoms with Gasteiger partial charge in [0.15, 0.2) is 0 Å². The van der Waals surface area contributed by atoms with E-state index in [-0.39, 0.29) is 6.04 Å². The average Bonchev–Trinajstić information content (AvgIpc) is 2.42. The van der Waals surface area contributed by atoms with Gasteiger partial charge in [-0.1, -0.05) is 12.0 Å². The van der Waals surface area contributed by atoms with Gasteiger partial charge in [0.1, 0.15) is 0 Å². The van der Waals surface area contributed by atoms with E-state index in [2.05, 4.69) is 16.1 Å². The molecule has 1 saturated heterocycles. The van der Waals surface area contributed by atoms with Crippen molar-refractivity contribution in [1.29, 1.82) is 0 Å². The van der Waals surface area contributed by atoms with Crippen molar-refractivity contribution >= 4 is 5.69 Å². The van der Waals surface area contributed by atoms with Crippen molar-refractivity contribution in [3.05, 3.63) is 29.3 Å². The maximum atomic E-state index is 12.8. The molecule has 0 radical (unpaired) electrons. The molecular formula is C16H19F3N2. The fraction of sp³-hybridized carbons (Fsp3) is 0.500. The Bertz CT molecular complexity index is 523. The Kier molecular flexibility index (Phi) is 4.79. The molecule has 0 bridgehead atoms. The second-order valence-electron chi connectivity index (χ2n) is 5.43. The van der Waals surface area contributed by atoms with Crippen LogP contribution in [-0.2, 0) is 6.18 Å². The van der Waals surface area contributed by atoms with Crippen LogP contribution >= 0.6 is 0 Å². The summed E-state index contributed by atoms with van der Waals surface area (Å²) in [5, 5.41) is 3.25. The summed E-state index contributed by atoms with van der Waals surface area (Å²) in [5.74, 6) is 2.62. The highest BCUT2D eigenvalue weighted by Gasteiger charge is 2.31. The third-order valence-electron chi connectivity index (χ3n) is 3.83. The summed E-state index contributed by atoms with van der Waals surface area (Å²) < 4.78 is 38.3. The number of alkyl halides is 3. The zero-order valence-electron chi connectivity index (χ0n) is 12.0. The van der Waals surface area contributed by atoms with E-state index in [0.29, 0.717) is 12.2 Å². The van der Waals surface area contributed by atoms with Gasteiger partial charge in [0.05, 0.1) is 12.1 Å². The maximum absolute atomic E-state index is 12.8. The lowest BCUT2D eigenvalue weighted by Gasteiger charge is -2.32. The highest BCUT2D eigenvalue weighted by atomic mass is 19.4. The first kappa shape index (κ1) is 15.7. The Morgan fingerprint density at radius 1 is 1.33 bits per heavy atom. The molecule has 1 aromatic carbocycles. The fourth-order valence-electron chi connectivity index (χ4n) is 2.54. The SMILES string of the molecule is C#CCN1CCC(Nc2cc(C(F)(F)F)ccc2C)CC1. The molecule has 2 nitrogen and oxygen atoms in total. The highest BCUT2D eigenvalue weighted by Crippen LogP contribution is 2.32. The molecule has 0 aromatic heterocycles. The zero-order valence-corrected chi connectivity index (χ0v) is 12.0. The molecule has 0 spiro atoms.